The van der Waals surface area contributed by atoms with Gasteiger partial charge in [0.15, 0.2) is 0 Å². The summed E-state index contributed by atoms with van der Waals surface area (Å²) in [6.07, 6.45) is 3.52. The molecule has 0 aliphatic rings. The highest BCUT2D eigenvalue weighted by Gasteiger charge is 2.14. The van der Waals surface area contributed by atoms with E-state index in [2.05, 4.69) is 69.4 Å². The van der Waals surface area contributed by atoms with Crippen LogP contribution in [0.4, 0.5) is 0 Å². The standard InChI is InChI=1S/C16H23BrN4/c1-12(2)10-21-16(19-11-20-21)9-15(18-3)8-13-5-4-6-14(17)7-13/h4-7,11-12,15,18H,8-10H2,1-3H3. The number of rotatable bonds is 7. The van der Waals surface area contributed by atoms with Gasteiger partial charge in [-0.25, -0.2) is 9.67 Å². The van der Waals surface area contributed by atoms with Crippen LogP contribution < -0.4 is 5.32 Å². The van der Waals surface area contributed by atoms with Crippen molar-refractivity contribution < 1.29 is 0 Å². The molecule has 4 nitrogen and oxygen atoms in total. The van der Waals surface area contributed by atoms with Crippen LogP contribution in [0.25, 0.3) is 0 Å². The van der Waals surface area contributed by atoms with Gasteiger partial charge < -0.3 is 5.32 Å². The lowest BCUT2D eigenvalue weighted by Crippen LogP contribution is -2.31. The number of likely N-dealkylation sites (N-methyl/N-ethyl adjacent to an activating group) is 1. The van der Waals surface area contributed by atoms with E-state index in [4.69, 9.17) is 0 Å². The Hall–Kier alpha value is -1.20. The third-order valence-electron chi connectivity index (χ3n) is 3.44. The lowest BCUT2D eigenvalue weighted by molar-refractivity contribution is 0.447. The fourth-order valence-electron chi connectivity index (χ4n) is 2.39. The summed E-state index contributed by atoms with van der Waals surface area (Å²) in [4.78, 5) is 4.42. The third-order valence-corrected chi connectivity index (χ3v) is 3.94. The van der Waals surface area contributed by atoms with Gasteiger partial charge in [0.05, 0.1) is 0 Å². The van der Waals surface area contributed by atoms with E-state index in [-0.39, 0.29) is 0 Å². The largest absolute Gasteiger partial charge is 0.316 e. The molecule has 2 aromatic rings. The summed E-state index contributed by atoms with van der Waals surface area (Å²) in [6, 6.07) is 8.82. The first-order valence-electron chi connectivity index (χ1n) is 7.37. The Bertz CT molecular complexity index is 565. The minimum Gasteiger partial charge on any atom is -0.316 e. The van der Waals surface area contributed by atoms with E-state index in [1.165, 1.54) is 5.56 Å². The van der Waals surface area contributed by atoms with E-state index in [0.29, 0.717) is 12.0 Å². The number of benzene rings is 1. The first-order chi connectivity index (χ1) is 10.1. The zero-order valence-corrected chi connectivity index (χ0v) is 14.5. The smallest absolute Gasteiger partial charge is 0.138 e. The van der Waals surface area contributed by atoms with Crippen LogP contribution in [0, 0.1) is 5.92 Å². The maximum Gasteiger partial charge on any atom is 0.138 e. The lowest BCUT2D eigenvalue weighted by atomic mass is 10.0. The highest BCUT2D eigenvalue weighted by molar-refractivity contribution is 9.10. The quantitative estimate of drug-likeness (QED) is 0.834. The van der Waals surface area contributed by atoms with Crippen molar-refractivity contribution in [2.24, 2.45) is 5.92 Å². The molecule has 1 N–H and O–H groups in total. The van der Waals surface area contributed by atoms with Crippen LogP contribution in [-0.2, 0) is 19.4 Å². The number of halogens is 1. The minimum absolute atomic E-state index is 0.356. The monoisotopic (exact) mass is 350 g/mol. The molecule has 0 spiro atoms. The van der Waals surface area contributed by atoms with E-state index in [1.807, 2.05) is 11.7 Å². The molecule has 1 aromatic heterocycles. The molecule has 1 unspecified atom stereocenters. The molecule has 0 fully saturated rings. The van der Waals surface area contributed by atoms with Gasteiger partial charge in [-0.2, -0.15) is 5.10 Å². The van der Waals surface area contributed by atoms with Crippen molar-refractivity contribution >= 4 is 15.9 Å². The van der Waals surface area contributed by atoms with E-state index in [9.17, 15) is 0 Å². The van der Waals surface area contributed by atoms with Crippen molar-refractivity contribution in [3.63, 3.8) is 0 Å². The second-order valence-electron chi connectivity index (χ2n) is 5.78. The van der Waals surface area contributed by atoms with Crippen molar-refractivity contribution in [3.05, 3.63) is 46.5 Å². The van der Waals surface area contributed by atoms with Crippen LogP contribution in [0.1, 0.15) is 25.2 Å². The molecule has 1 atom stereocenters. The fourth-order valence-corrected chi connectivity index (χ4v) is 2.84. The molecule has 0 aliphatic heterocycles. The average Bonchev–Trinajstić information content (AvgIpc) is 2.84. The predicted molar refractivity (Wildman–Crippen MR) is 89.3 cm³/mol. The first kappa shape index (κ1) is 16.2. The molecule has 1 heterocycles. The van der Waals surface area contributed by atoms with Crippen molar-refractivity contribution in [1.82, 2.24) is 20.1 Å². The number of nitrogens with one attached hydrogen (secondary N) is 1. The zero-order valence-electron chi connectivity index (χ0n) is 12.9. The predicted octanol–water partition coefficient (Wildman–Crippen LogP) is 3.07. The molecule has 0 bridgehead atoms. The Morgan fingerprint density at radius 2 is 2.10 bits per heavy atom. The molecule has 1 aromatic carbocycles. The summed E-state index contributed by atoms with van der Waals surface area (Å²) in [5.41, 5.74) is 1.32. The summed E-state index contributed by atoms with van der Waals surface area (Å²) in [7, 11) is 2.01. The molecule has 0 saturated carbocycles. The van der Waals surface area contributed by atoms with Gasteiger partial charge in [-0.05, 0) is 37.1 Å². The third kappa shape index (κ3) is 4.93. The van der Waals surface area contributed by atoms with Gasteiger partial charge in [-0.15, -0.1) is 0 Å². The van der Waals surface area contributed by atoms with Gasteiger partial charge in [0.25, 0.3) is 0 Å². The summed E-state index contributed by atoms with van der Waals surface area (Å²) in [5, 5.41) is 7.73. The van der Waals surface area contributed by atoms with Crippen molar-refractivity contribution in [2.75, 3.05) is 7.05 Å². The average molecular weight is 351 g/mol. The van der Waals surface area contributed by atoms with Crippen LogP contribution in [0.15, 0.2) is 35.1 Å². The number of hydrogen-bond donors (Lipinski definition) is 1. The van der Waals surface area contributed by atoms with Crippen molar-refractivity contribution in [1.29, 1.82) is 0 Å². The Balaban J connectivity index is 2.04. The maximum absolute atomic E-state index is 4.42. The maximum atomic E-state index is 4.42. The zero-order chi connectivity index (χ0) is 15.2. The summed E-state index contributed by atoms with van der Waals surface area (Å²) >= 11 is 3.53. The highest BCUT2D eigenvalue weighted by atomic mass is 79.9. The Labute approximate surface area is 135 Å². The molecule has 5 heteroatoms. The molecule has 2 rings (SSSR count). The second kappa shape index (κ2) is 7.71. The minimum atomic E-state index is 0.356. The number of aromatic nitrogens is 3. The second-order valence-corrected chi connectivity index (χ2v) is 6.69. The number of hydrogen-bond acceptors (Lipinski definition) is 3. The molecule has 0 amide bonds. The van der Waals surface area contributed by atoms with Crippen LogP contribution >= 0.6 is 15.9 Å². The summed E-state index contributed by atoms with van der Waals surface area (Å²) in [6.45, 7) is 5.31. The highest BCUT2D eigenvalue weighted by Crippen LogP contribution is 2.14. The summed E-state index contributed by atoms with van der Waals surface area (Å²) in [5.74, 6) is 1.63. The Morgan fingerprint density at radius 3 is 2.76 bits per heavy atom. The molecular weight excluding hydrogens is 328 g/mol. The van der Waals surface area contributed by atoms with Crippen molar-refractivity contribution in [2.45, 2.75) is 39.3 Å². The molecule has 0 saturated heterocycles. The SMILES string of the molecule is CNC(Cc1cccc(Br)c1)Cc1ncnn1CC(C)C. The normalized spacial score (nSPS) is 12.8. The molecule has 114 valence electrons. The van der Waals surface area contributed by atoms with Crippen molar-refractivity contribution in [3.8, 4) is 0 Å². The Morgan fingerprint density at radius 1 is 1.29 bits per heavy atom. The molecule has 21 heavy (non-hydrogen) atoms. The van der Waals surface area contributed by atoms with Gasteiger partial charge in [-0.3, -0.25) is 0 Å². The molecular formula is C16H23BrN4. The summed E-state index contributed by atoms with van der Waals surface area (Å²) < 4.78 is 3.15. The topological polar surface area (TPSA) is 42.7 Å². The molecule has 0 radical (unpaired) electrons. The van der Waals surface area contributed by atoms with E-state index < -0.39 is 0 Å². The van der Waals surface area contributed by atoms with E-state index in [1.54, 1.807) is 6.33 Å². The van der Waals surface area contributed by atoms with Crippen LogP contribution in [-0.4, -0.2) is 27.9 Å². The van der Waals surface area contributed by atoms with Crippen LogP contribution in [0.2, 0.25) is 0 Å². The van der Waals surface area contributed by atoms with Gasteiger partial charge >= 0.3 is 0 Å². The van der Waals surface area contributed by atoms with Gasteiger partial charge in [0, 0.05) is 23.5 Å². The Kier molecular flexibility index (Phi) is 5.94. The fraction of sp³-hybridized carbons (Fsp3) is 0.500. The van der Waals surface area contributed by atoms with Gasteiger partial charge in [-0.1, -0.05) is 41.9 Å². The van der Waals surface area contributed by atoms with Crippen LogP contribution in [0.5, 0.6) is 0 Å². The van der Waals surface area contributed by atoms with Crippen LogP contribution in [0.3, 0.4) is 0 Å². The van der Waals surface area contributed by atoms with E-state index in [0.717, 1.165) is 29.7 Å². The number of nitrogens with zero attached hydrogens (tertiary/aromatic N) is 3. The van der Waals surface area contributed by atoms with E-state index >= 15 is 0 Å². The lowest BCUT2D eigenvalue weighted by Gasteiger charge is -2.17. The van der Waals surface area contributed by atoms with Gasteiger partial charge in [0.1, 0.15) is 12.2 Å². The molecule has 0 aliphatic carbocycles. The van der Waals surface area contributed by atoms with Gasteiger partial charge in [0.2, 0.25) is 0 Å². The first-order valence-corrected chi connectivity index (χ1v) is 8.16.